The van der Waals surface area contributed by atoms with Gasteiger partial charge >= 0.3 is 6.03 Å². The van der Waals surface area contributed by atoms with E-state index in [2.05, 4.69) is 10.3 Å². The highest BCUT2D eigenvalue weighted by Crippen LogP contribution is 2.33. The van der Waals surface area contributed by atoms with Crippen LogP contribution in [-0.2, 0) is 16.9 Å². The number of fused-ring (bicyclic) bond motifs is 1. The number of benzene rings is 3. The zero-order chi connectivity index (χ0) is 23.2. The highest BCUT2D eigenvalue weighted by atomic mass is 16.5. The van der Waals surface area contributed by atoms with Gasteiger partial charge in [0.25, 0.3) is 5.91 Å². The number of oxazole rings is 1. The highest BCUT2D eigenvalue weighted by molar-refractivity contribution is 6.07. The number of aryl methyl sites for hydroxylation is 1. The second-order valence-corrected chi connectivity index (χ2v) is 8.26. The van der Waals surface area contributed by atoms with E-state index in [1.165, 1.54) is 4.90 Å². The first kappa shape index (κ1) is 20.8. The van der Waals surface area contributed by atoms with Crippen molar-refractivity contribution in [1.82, 2.24) is 15.2 Å². The van der Waals surface area contributed by atoms with Crippen LogP contribution in [0.15, 0.2) is 71.1 Å². The number of carbonyl (C=O) groups excluding carboxylic acids is 2. The van der Waals surface area contributed by atoms with Crippen molar-refractivity contribution in [2.75, 3.05) is 7.11 Å². The number of nitrogens with one attached hydrogen (secondary N) is 1. The Bertz CT molecular complexity index is 1380. The summed E-state index contributed by atoms with van der Waals surface area (Å²) in [4.78, 5) is 32.0. The van der Waals surface area contributed by atoms with Crippen LogP contribution < -0.4 is 10.1 Å². The van der Waals surface area contributed by atoms with Gasteiger partial charge in [0.1, 0.15) is 22.7 Å². The molecule has 1 aromatic heterocycles. The van der Waals surface area contributed by atoms with Crippen LogP contribution in [0, 0.1) is 6.92 Å². The van der Waals surface area contributed by atoms with Crippen LogP contribution in [0.2, 0.25) is 0 Å². The van der Waals surface area contributed by atoms with E-state index in [9.17, 15) is 9.59 Å². The summed E-state index contributed by atoms with van der Waals surface area (Å²) in [5.74, 6) is 1.46. The molecule has 1 aliphatic rings. The Hall–Kier alpha value is -4.13. The van der Waals surface area contributed by atoms with Crippen LogP contribution in [0.3, 0.4) is 0 Å². The second-order valence-electron chi connectivity index (χ2n) is 8.26. The van der Waals surface area contributed by atoms with Gasteiger partial charge in [-0.15, -0.1) is 0 Å². The number of nitrogens with zero attached hydrogens (tertiary/aromatic N) is 2. The molecule has 0 spiro atoms. The van der Waals surface area contributed by atoms with Crippen molar-refractivity contribution in [1.29, 1.82) is 0 Å². The fraction of sp³-hybridized carbons (Fsp3) is 0.192. The first-order chi connectivity index (χ1) is 15.9. The summed E-state index contributed by atoms with van der Waals surface area (Å²) < 4.78 is 11.1. The highest BCUT2D eigenvalue weighted by Gasteiger charge is 2.49. The van der Waals surface area contributed by atoms with Crippen LogP contribution in [0.25, 0.3) is 22.2 Å². The van der Waals surface area contributed by atoms with E-state index in [0.717, 1.165) is 22.1 Å². The molecule has 1 N–H and O–H groups in total. The van der Waals surface area contributed by atoms with Gasteiger partial charge in [0.05, 0.1) is 13.7 Å². The van der Waals surface area contributed by atoms with Crippen molar-refractivity contribution in [3.8, 4) is 17.2 Å². The molecule has 1 atom stereocenters. The lowest BCUT2D eigenvalue weighted by Gasteiger charge is -2.22. The zero-order valence-electron chi connectivity index (χ0n) is 18.6. The van der Waals surface area contributed by atoms with E-state index in [-0.39, 0.29) is 12.5 Å². The minimum atomic E-state index is -1.18. The van der Waals surface area contributed by atoms with Gasteiger partial charge in [-0.2, -0.15) is 0 Å². The van der Waals surface area contributed by atoms with Gasteiger partial charge in [-0.3, -0.25) is 9.69 Å². The minimum absolute atomic E-state index is 0.0349. The molecular formula is C26H23N3O4. The topological polar surface area (TPSA) is 84.7 Å². The van der Waals surface area contributed by atoms with E-state index < -0.39 is 11.6 Å². The smallest absolute Gasteiger partial charge is 0.325 e. The van der Waals surface area contributed by atoms with Crippen molar-refractivity contribution < 1.29 is 18.7 Å². The third-order valence-corrected chi connectivity index (χ3v) is 6.12. The third-order valence-electron chi connectivity index (χ3n) is 6.12. The molecule has 33 heavy (non-hydrogen) atoms. The molecule has 0 saturated carbocycles. The lowest BCUT2D eigenvalue weighted by Crippen LogP contribution is -2.40. The molecule has 1 aliphatic heterocycles. The average Bonchev–Trinajstić information content (AvgIpc) is 3.31. The second kappa shape index (κ2) is 7.78. The largest absolute Gasteiger partial charge is 0.497 e. The third kappa shape index (κ3) is 3.51. The van der Waals surface area contributed by atoms with Crippen LogP contribution in [0.4, 0.5) is 4.79 Å². The Kier molecular flexibility index (Phi) is 4.89. The van der Waals surface area contributed by atoms with Gasteiger partial charge in [-0.1, -0.05) is 36.4 Å². The maximum atomic E-state index is 13.4. The SMILES string of the molecule is COc1ccc2cc([C@]3(C)NC(=O)N(Cc4nc(-c5ccccc5)oc4C)C3=O)ccc2c1. The molecule has 166 valence electrons. The molecule has 7 heteroatoms. The Morgan fingerprint density at radius 3 is 2.52 bits per heavy atom. The number of ether oxygens (including phenoxy) is 1. The Morgan fingerprint density at radius 2 is 1.76 bits per heavy atom. The number of imide groups is 1. The number of aromatic nitrogens is 1. The molecule has 1 fully saturated rings. The molecule has 2 heterocycles. The van der Waals surface area contributed by atoms with Crippen LogP contribution in [0.5, 0.6) is 5.75 Å². The summed E-state index contributed by atoms with van der Waals surface area (Å²) in [5.41, 5.74) is 0.919. The zero-order valence-corrected chi connectivity index (χ0v) is 18.6. The summed E-state index contributed by atoms with van der Waals surface area (Å²) in [7, 11) is 1.62. The molecule has 0 unspecified atom stereocenters. The maximum absolute atomic E-state index is 13.4. The summed E-state index contributed by atoms with van der Waals surface area (Å²) in [6.07, 6.45) is 0. The maximum Gasteiger partial charge on any atom is 0.325 e. The van der Waals surface area contributed by atoms with Gasteiger partial charge < -0.3 is 14.5 Å². The molecule has 0 bridgehead atoms. The summed E-state index contributed by atoms with van der Waals surface area (Å²) >= 11 is 0. The lowest BCUT2D eigenvalue weighted by molar-refractivity contribution is -0.131. The van der Waals surface area contributed by atoms with E-state index in [1.807, 2.05) is 66.7 Å². The predicted octanol–water partition coefficient (Wildman–Crippen LogP) is 4.78. The molecule has 3 amide bonds. The standard InChI is InChI=1S/C26H23N3O4/c1-16-22(27-23(33-16)17-7-5-4-6-8-17)15-29-24(30)26(2,28-25(29)31)20-11-9-19-14-21(32-3)12-10-18(19)13-20/h4-14H,15H2,1-3H3,(H,28,31)/t26-/m0/s1. The van der Waals surface area contributed by atoms with Crippen molar-refractivity contribution >= 4 is 22.7 Å². The molecule has 5 rings (SSSR count). The van der Waals surface area contributed by atoms with E-state index >= 15 is 0 Å². The van der Waals surface area contributed by atoms with Crippen LogP contribution >= 0.6 is 0 Å². The Balaban J connectivity index is 1.43. The minimum Gasteiger partial charge on any atom is -0.497 e. The Labute approximate surface area is 191 Å². The first-order valence-electron chi connectivity index (χ1n) is 10.6. The van der Waals surface area contributed by atoms with E-state index in [0.29, 0.717) is 22.9 Å². The van der Waals surface area contributed by atoms with Crippen molar-refractivity contribution in [3.05, 3.63) is 83.7 Å². The molecule has 7 nitrogen and oxygen atoms in total. The fourth-order valence-corrected chi connectivity index (χ4v) is 4.13. The van der Waals surface area contributed by atoms with Crippen LogP contribution in [0.1, 0.15) is 23.9 Å². The number of carbonyl (C=O) groups is 2. The first-order valence-corrected chi connectivity index (χ1v) is 10.6. The van der Waals surface area contributed by atoms with Gasteiger partial charge in [0, 0.05) is 5.56 Å². The molecule has 1 saturated heterocycles. The molecular weight excluding hydrogens is 418 g/mol. The molecule has 0 radical (unpaired) electrons. The van der Waals surface area contributed by atoms with Crippen LogP contribution in [-0.4, -0.2) is 28.9 Å². The quantitative estimate of drug-likeness (QED) is 0.451. The molecule has 4 aromatic rings. The molecule has 0 aliphatic carbocycles. The van der Waals surface area contributed by atoms with Crippen molar-refractivity contribution in [2.24, 2.45) is 0 Å². The predicted molar refractivity (Wildman–Crippen MR) is 124 cm³/mol. The van der Waals surface area contributed by atoms with Crippen molar-refractivity contribution in [2.45, 2.75) is 25.9 Å². The summed E-state index contributed by atoms with van der Waals surface area (Å²) in [5, 5.41) is 4.81. The molecule has 3 aromatic carbocycles. The van der Waals surface area contributed by atoms with Gasteiger partial charge in [0.2, 0.25) is 5.89 Å². The summed E-state index contributed by atoms with van der Waals surface area (Å²) in [6.45, 7) is 3.54. The lowest BCUT2D eigenvalue weighted by atomic mass is 9.90. The Morgan fingerprint density at radius 1 is 1.03 bits per heavy atom. The normalized spacial score (nSPS) is 18.1. The number of rotatable bonds is 5. The fourth-order valence-electron chi connectivity index (χ4n) is 4.13. The number of urea groups is 1. The summed E-state index contributed by atoms with van der Waals surface area (Å²) in [6, 6.07) is 20.5. The number of methoxy groups -OCH3 is 1. The number of hydrogen-bond acceptors (Lipinski definition) is 5. The van der Waals surface area contributed by atoms with Crippen molar-refractivity contribution in [3.63, 3.8) is 0 Å². The monoisotopic (exact) mass is 441 g/mol. The van der Waals surface area contributed by atoms with Gasteiger partial charge in [0.15, 0.2) is 0 Å². The van der Waals surface area contributed by atoms with Gasteiger partial charge in [-0.05, 0) is 60.5 Å². The van der Waals surface area contributed by atoms with E-state index in [4.69, 9.17) is 9.15 Å². The van der Waals surface area contributed by atoms with E-state index in [1.54, 1.807) is 21.0 Å². The van der Waals surface area contributed by atoms with Gasteiger partial charge in [-0.25, -0.2) is 9.78 Å². The number of amides is 3. The average molecular weight is 441 g/mol. The number of hydrogen-bond donors (Lipinski definition) is 1.